The van der Waals surface area contributed by atoms with Crippen LogP contribution in [-0.2, 0) is 5.75 Å². The number of nitrogens with one attached hydrogen (secondary N) is 2. The molecule has 0 aliphatic rings. The van der Waals surface area contributed by atoms with Gasteiger partial charge in [-0.1, -0.05) is 30.0 Å². The van der Waals surface area contributed by atoms with E-state index in [1.165, 1.54) is 0 Å². The van der Waals surface area contributed by atoms with E-state index in [9.17, 15) is 9.59 Å². The van der Waals surface area contributed by atoms with E-state index in [1.807, 2.05) is 39.0 Å². The van der Waals surface area contributed by atoms with Crippen molar-refractivity contribution in [2.75, 3.05) is 7.11 Å². The smallest absolute Gasteiger partial charge is 0.269 e. The highest BCUT2D eigenvalue weighted by molar-refractivity contribution is 7.98. The summed E-state index contributed by atoms with van der Waals surface area (Å²) < 4.78 is 5.22. The molecule has 0 unspecified atom stereocenters. The maximum Gasteiger partial charge on any atom is 0.269 e. The fourth-order valence-electron chi connectivity index (χ4n) is 2.88. The number of rotatable bonds is 6. The standard InChI is InChI=1S/C23H24N4O3S/c1-14-5-8-19(12-20(14)30-4)22(29)27-26-21(28)18-9-6-17(7-10-18)13-31-23-24-15(2)11-16(3)25-23/h5-12H,13H2,1-4H3,(H,26,28)(H,27,29). The summed E-state index contributed by atoms with van der Waals surface area (Å²) >= 11 is 1.54. The number of nitrogens with zero attached hydrogens (tertiary/aromatic N) is 2. The first-order chi connectivity index (χ1) is 14.9. The summed E-state index contributed by atoms with van der Waals surface area (Å²) in [7, 11) is 1.54. The van der Waals surface area contributed by atoms with Gasteiger partial charge in [0, 0.05) is 28.3 Å². The zero-order valence-electron chi connectivity index (χ0n) is 17.9. The molecule has 0 saturated heterocycles. The normalized spacial score (nSPS) is 10.5. The Bertz CT molecular complexity index is 1080. The molecular weight excluding hydrogens is 412 g/mol. The third-order valence-electron chi connectivity index (χ3n) is 4.51. The van der Waals surface area contributed by atoms with Gasteiger partial charge in [-0.15, -0.1) is 0 Å². The number of aromatic nitrogens is 2. The Kier molecular flexibility index (Phi) is 7.25. The lowest BCUT2D eigenvalue weighted by Crippen LogP contribution is -2.41. The van der Waals surface area contributed by atoms with Crippen molar-refractivity contribution in [3.8, 4) is 5.75 Å². The summed E-state index contributed by atoms with van der Waals surface area (Å²) in [6, 6.07) is 14.2. The van der Waals surface area contributed by atoms with Crippen LogP contribution in [0.4, 0.5) is 0 Å². The van der Waals surface area contributed by atoms with Crippen LogP contribution in [0.2, 0.25) is 0 Å². The molecule has 1 aromatic heterocycles. The highest BCUT2D eigenvalue weighted by Gasteiger charge is 2.11. The largest absolute Gasteiger partial charge is 0.496 e. The Morgan fingerprint density at radius 1 is 0.871 bits per heavy atom. The van der Waals surface area contributed by atoms with Gasteiger partial charge in [-0.25, -0.2) is 9.97 Å². The van der Waals surface area contributed by atoms with Gasteiger partial charge in [0.25, 0.3) is 11.8 Å². The molecule has 3 aromatic rings. The molecule has 3 rings (SSSR count). The van der Waals surface area contributed by atoms with Gasteiger partial charge in [0.1, 0.15) is 5.75 Å². The van der Waals surface area contributed by atoms with Crippen molar-refractivity contribution in [1.29, 1.82) is 0 Å². The number of carbonyl (C=O) groups is 2. The van der Waals surface area contributed by atoms with Crippen LogP contribution in [0.5, 0.6) is 5.75 Å². The minimum Gasteiger partial charge on any atom is -0.496 e. The predicted octanol–water partition coefficient (Wildman–Crippen LogP) is 3.78. The first-order valence-electron chi connectivity index (χ1n) is 9.65. The van der Waals surface area contributed by atoms with Crippen molar-refractivity contribution in [2.45, 2.75) is 31.7 Å². The number of thioether (sulfide) groups is 1. The highest BCUT2D eigenvalue weighted by atomic mass is 32.2. The quantitative estimate of drug-likeness (QED) is 0.347. The summed E-state index contributed by atoms with van der Waals surface area (Å²) in [5.74, 6) is 0.479. The molecule has 0 bridgehead atoms. The monoisotopic (exact) mass is 436 g/mol. The molecule has 0 fully saturated rings. The van der Waals surface area contributed by atoms with Gasteiger partial charge < -0.3 is 4.74 Å². The molecule has 0 atom stereocenters. The minimum atomic E-state index is -0.423. The summed E-state index contributed by atoms with van der Waals surface area (Å²) in [5.41, 5.74) is 9.53. The van der Waals surface area contributed by atoms with Crippen LogP contribution in [0.15, 0.2) is 53.7 Å². The molecule has 0 radical (unpaired) electrons. The average Bonchev–Trinajstić information content (AvgIpc) is 2.76. The van der Waals surface area contributed by atoms with Gasteiger partial charge in [-0.05, 0) is 62.2 Å². The van der Waals surface area contributed by atoms with E-state index in [1.54, 1.807) is 49.2 Å². The number of hydrogen-bond acceptors (Lipinski definition) is 6. The van der Waals surface area contributed by atoms with Crippen LogP contribution in [0.1, 0.15) is 43.2 Å². The average molecular weight is 437 g/mol. The molecule has 0 aliphatic carbocycles. The Morgan fingerprint density at radius 2 is 1.45 bits per heavy atom. The number of ether oxygens (including phenoxy) is 1. The molecule has 8 heteroatoms. The number of amides is 2. The molecule has 0 aliphatic heterocycles. The number of hydrogen-bond donors (Lipinski definition) is 2. The minimum absolute atomic E-state index is 0.392. The van der Waals surface area contributed by atoms with Crippen molar-refractivity contribution in [3.63, 3.8) is 0 Å². The molecule has 31 heavy (non-hydrogen) atoms. The van der Waals surface area contributed by atoms with Gasteiger partial charge in [-0.3, -0.25) is 20.4 Å². The van der Waals surface area contributed by atoms with Crippen LogP contribution in [0.25, 0.3) is 0 Å². The number of aryl methyl sites for hydroxylation is 3. The van der Waals surface area contributed by atoms with Crippen molar-refractivity contribution in [1.82, 2.24) is 20.8 Å². The highest BCUT2D eigenvalue weighted by Crippen LogP contribution is 2.20. The maximum absolute atomic E-state index is 12.3. The number of methoxy groups -OCH3 is 1. The molecule has 2 aromatic carbocycles. The lowest BCUT2D eigenvalue weighted by Gasteiger charge is -2.10. The summed E-state index contributed by atoms with van der Waals surface area (Å²) in [5, 5.41) is 0.731. The Labute approximate surface area is 185 Å². The number of carbonyl (C=O) groups excluding carboxylic acids is 2. The zero-order valence-corrected chi connectivity index (χ0v) is 18.7. The molecule has 160 valence electrons. The van der Waals surface area contributed by atoms with E-state index in [4.69, 9.17) is 4.74 Å². The maximum atomic E-state index is 12.3. The Hall–Kier alpha value is -3.39. The lowest BCUT2D eigenvalue weighted by molar-refractivity contribution is 0.0846. The second-order valence-electron chi connectivity index (χ2n) is 7.01. The van der Waals surface area contributed by atoms with E-state index >= 15 is 0 Å². The van der Waals surface area contributed by atoms with Crippen molar-refractivity contribution >= 4 is 23.6 Å². The Morgan fingerprint density at radius 3 is 2.06 bits per heavy atom. The molecule has 0 saturated carbocycles. The van der Waals surface area contributed by atoms with Gasteiger partial charge in [-0.2, -0.15) is 0 Å². The second kappa shape index (κ2) is 10.1. The fraction of sp³-hybridized carbons (Fsp3) is 0.217. The number of hydrazine groups is 1. The molecule has 2 amide bonds. The van der Waals surface area contributed by atoms with Gasteiger partial charge in [0.15, 0.2) is 5.16 Å². The molecular formula is C23H24N4O3S. The second-order valence-corrected chi connectivity index (χ2v) is 7.95. The van der Waals surface area contributed by atoms with Gasteiger partial charge >= 0.3 is 0 Å². The SMILES string of the molecule is COc1cc(C(=O)NNC(=O)c2ccc(CSc3nc(C)cc(C)n3)cc2)ccc1C. The predicted molar refractivity (Wildman–Crippen MR) is 120 cm³/mol. The van der Waals surface area contributed by atoms with Crippen molar-refractivity contribution in [3.05, 3.63) is 82.2 Å². The van der Waals surface area contributed by atoms with Crippen LogP contribution < -0.4 is 15.6 Å². The topological polar surface area (TPSA) is 93.2 Å². The van der Waals surface area contributed by atoms with E-state index in [-0.39, 0.29) is 0 Å². The Balaban J connectivity index is 1.54. The van der Waals surface area contributed by atoms with E-state index < -0.39 is 11.8 Å². The van der Waals surface area contributed by atoms with Gasteiger partial charge in [0.2, 0.25) is 0 Å². The summed E-state index contributed by atoms with van der Waals surface area (Å²) in [4.78, 5) is 33.5. The van der Waals surface area contributed by atoms with Crippen LogP contribution >= 0.6 is 11.8 Å². The van der Waals surface area contributed by atoms with Crippen molar-refractivity contribution < 1.29 is 14.3 Å². The van der Waals surface area contributed by atoms with E-state index in [0.717, 1.165) is 27.7 Å². The molecule has 1 heterocycles. The molecule has 7 nitrogen and oxygen atoms in total. The summed E-state index contributed by atoms with van der Waals surface area (Å²) in [6.45, 7) is 5.78. The third-order valence-corrected chi connectivity index (χ3v) is 5.42. The fourth-order valence-corrected chi connectivity index (χ4v) is 3.78. The third kappa shape index (κ3) is 6.05. The molecule has 0 spiro atoms. The zero-order chi connectivity index (χ0) is 22.4. The van der Waals surface area contributed by atoms with Crippen LogP contribution in [0, 0.1) is 20.8 Å². The lowest BCUT2D eigenvalue weighted by atomic mass is 10.1. The first-order valence-corrected chi connectivity index (χ1v) is 10.6. The molecule has 2 N–H and O–H groups in total. The van der Waals surface area contributed by atoms with Gasteiger partial charge in [0.05, 0.1) is 7.11 Å². The first kappa shape index (κ1) is 22.3. The van der Waals surface area contributed by atoms with Crippen LogP contribution in [-0.4, -0.2) is 28.9 Å². The number of benzene rings is 2. The van der Waals surface area contributed by atoms with E-state index in [2.05, 4.69) is 20.8 Å². The van der Waals surface area contributed by atoms with E-state index in [0.29, 0.717) is 22.6 Å². The summed E-state index contributed by atoms with van der Waals surface area (Å²) in [6.07, 6.45) is 0. The van der Waals surface area contributed by atoms with Crippen LogP contribution in [0.3, 0.4) is 0 Å². The van der Waals surface area contributed by atoms with Crippen molar-refractivity contribution in [2.24, 2.45) is 0 Å².